The maximum absolute atomic E-state index is 2.57. The van der Waals surface area contributed by atoms with Crippen LogP contribution >= 0.6 is 15.8 Å². The summed E-state index contributed by atoms with van der Waals surface area (Å²) >= 11 is 0. The van der Waals surface area contributed by atoms with Gasteiger partial charge in [0.25, 0.3) is 0 Å². The summed E-state index contributed by atoms with van der Waals surface area (Å²) in [7, 11) is -2.54. The van der Waals surface area contributed by atoms with Crippen LogP contribution in [0.25, 0.3) is 11.1 Å². The molecule has 7 aromatic rings. The molecule has 0 fully saturated rings. The summed E-state index contributed by atoms with van der Waals surface area (Å²) in [6.07, 6.45) is 9.90. The molecule has 0 aromatic heterocycles. The fraction of sp³-hybridized carbons (Fsp3) is 0.222. The fourth-order valence-corrected chi connectivity index (χ4v) is 14.5. The fourth-order valence-electron chi connectivity index (χ4n) is 8.97. The van der Waals surface area contributed by atoms with Crippen molar-refractivity contribution in [2.75, 3.05) is 0 Å². The summed E-state index contributed by atoms with van der Waals surface area (Å²) in [5.41, 5.74) is 12.4. The van der Waals surface area contributed by atoms with Crippen molar-refractivity contribution in [3.05, 3.63) is 203 Å². The second kappa shape index (κ2) is 22.4. The minimum absolute atomic E-state index is 0. The van der Waals surface area contributed by atoms with E-state index in [1.807, 2.05) is 0 Å². The molecule has 9 rings (SSSR count). The molecule has 0 saturated heterocycles. The van der Waals surface area contributed by atoms with Gasteiger partial charge < -0.3 is 24.8 Å². The van der Waals surface area contributed by atoms with E-state index in [2.05, 4.69) is 191 Å². The molecule has 0 bridgehead atoms. The summed E-state index contributed by atoms with van der Waals surface area (Å²) in [6.45, 7) is 6.54. The Morgan fingerprint density at radius 3 is 1.03 bits per heavy atom. The van der Waals surface area contributed by atoms with E-state index >= 15 is 0 Å². The monoisotopic (exact) mass is 938 g/mol. The van der Waals surface area contributed by atoms with Crippen LogP contribution in [0, 0.1) is 6.92 Å². The molecule has 0 N–H and O–H groups in total. The van der Waals surface area contributed by atoms with Crippen LogP contribution in [-0.2, 0) is 45.2 Å². The Balaban J connectivity index is 0.000000450. The smallest absolute Gasteiger partial charge is 1.00 e. The Morgan fingerprint density at radius 2 is 0.712 bits per heavy atom. The molecule has 7 aromatic carbocycles. The average Bonchev–Trinajstić information content (AvgIpc) is 3.26. The third-order valence-corrected chi connectivity index (χ3v) is 17.4. The number of halogens is 2. The Labute approximate surface area is 381 Å². The summed E-state index contributed by atoms with van der Waals surface area (Å²) < 4.78 is 0. The quantitative estimate of drug-likeness (QED) is 0.145. The largest absolute Gasteiger partial charge is 2.00 e. The third-order valence-electron chi connectivity index (χ3n) is 11.8. The molecule has 0 atom stereocenters. The van der Waals surface area contributed by atoms with Crippen molar-refractivity contribution >= 4 is 47.7 Å². The zero-order chi connectivity index (χ0) is 38.3. The first-order valence-corrected chi connectivity index (χ1v) is 23.9. The Kier molecular flexibility index (Phi) is 17.8. The van der Waals surface area contributed by atoms with Gasteiger partial charge in [-0.3, -0.25) is 0 Å². The molecule has 0 nitrogen and oxygen atoms in total. The van der Waals surface area contributed by atoms with Gasteiger partial charge in [-0.15, -0.1) is 0 Å². The van der Waals surface area contributed by atoms with E-state index in [0.29, 0.717) is 5.92 Å². The Bertz CT molecular complexity index is 2130. The van der Waals surface area contributed by atoms with Crippen LogP contribution in [0.2, 0.25) is 0 Å². The predicted molar refractivity (Wildman–Crippen MR) is 251 cm³/mol. The second-order valence-corrected chi connectivity index (χ2v) is 20.8. The van der Waals surface area contributed by atoms with E-state index < -0.39 is 15.8 Å². The van der Waals surface area contributed by atoms with E-state index in [0.717, 1.165) is 0 Å². The van der Waals surface area contributed by atoms with Crippen molar-refractivity contribution in [3.63, 3.8) is 0 Å². The molecule has 0 radical (unpaired) electrons. The number of rotatable bonds is 8. The van der Waals surface area contributed by atoms with Crippen LogP contribution in [0.1, 0.15) is 78.8 Å². The minimum atomic E-state index is -1.27. The molecule has 2 aliphatic rings. The van der Waals surface area contributed by atoms with Gasteiger partial charge in [0.15, 0.2) is 0 Å². The Morgan fingerprint density at radius 1 is 0.390 bits per heavy atom. The van der Waals surface area contributed by atoms with Crippen molar-refractivity contribution in [2.45, 2.75) is 78.1 Å². The first-order chi connectivity index (χ1) is 27.6. The van der Waals surface area contributed by atoms with Gasteiger partial charge in [-0.2, -0.15) is 0 Å². The molecule has 302 valence electrons. The van der Waals surface area contributed by atoms with Gasteiger partial charge in [0.2, 0.25) is 0 Å². The van der Waals surface area contributed by atoms with E-state index in [9.17, 15) is 0 Å². The number of fused-ring (bicyclic) bond motifs is 2. The standard InChI is InChI=1S/C44H40P2.C10H14.2ClH.Ru/c1-5-19-35(20-6-1)45(36-21-7-2-8-22-36)41-31-29-33-17-13-15-27-39(33)43(41)44-40-28-16-14-18-34(40)30-32-42(44)46(37-23-9-3-10-24-37)38-25-11-4-12-26-38;1-8(2)10-6-4-9(3)5-7-10;;;/h1-12,19-26,29-32H,13-18,27-28H2;4-8H,1-3H3;2*1H;/q;;;;+2. The van der Waals surface area contributed by atoms with Crippen LogP contribution in [-0.4, -0.2) is 0 Å². The predicted octanol–water partition coefficient (Wildman–Crippen LogP) is 5.22. The summed E-state index contributed by atoms with van der Waals surface area (Å²) in [4.78, 5) is 0. The van der Waals surface area contributed by atoms with E-state index in [1.165, 1.54) is 83.7 Å². The van der Waals surface area contributed by atoms with Gasteiger partial charge in [0.05, 0.1) is 15.8 Å². The minimum Gasteiger partial charge on any atom is -1.00 e. The van der Waals surface area contributed by atoms with Gasteiger partial charge >= 0.3 is 19.5 Å². The summed E-state index contributed by atoms with van der Waals surface area (Å²) in [6, 6.07) is 64.5. The van der Waals surface area contributed by atoms with Crippen molar-refractivity contribution in [2.24, 2.45) is 0 Å². The number of hydrogen-bond acceptors (Lipinski definition) is 0. The maximum Gasteiger partial charge on any atom is 2.00 e. The van der Waals surface area contributed by atoms with Gasteiger partial charge in [-0.05, 0) is 153 Å². The molecule has 59 heavy (non-hydrogen) atoms. The molecule has 2 aliphatic carbocycles. The topological polar surface area (TPSA) is 0 Å². The van der Waals surface area contributed by atoms with Crippen molar-refractivity contribution in [1.29, 1.82) is 0 Å². The van der Waals surface area contributed by atoms with E-state index in [-0.39, 0.29) is 44.3 Å². The molecule has 0 unspecified atom stereocenters. The van der Waals surface area contributed by atoms with Gasteiger partial charge in [0.1, 0.15) is 31.8 Å². The normalized spacial score (nSPS) is 12.8. The maximum atomic E-state index is 2.57. The molecule has 0 amide bonds. The van der Waals surface area contributed by atoms with Crippen molar-refractivity contribution in [1.82, 2.24) is 0 Å². The first kappa shape index (κ1) is 46.7. The number of aryl methyl sites for hydroxylation is 3. The Hall–Kier alpha value is -3.40. The zero-order valence-corrected chi connectivity index (χ0v) is 39.8. The molecule has 0 heterocycles. The van der Waals surface area contributed by atoms with E-state index in [4.69, 9.17) is 0 Å². The number of hydrogen-bond donors (Lipinski definition) is 0. The number of benzene rings is 7. The van der Waals surface area contributed by atoms with Crippen LogP contribution in [0.3, 0.4) is 0 Å². The zero-order valence-electron chi connectivity index (χ0n) is 34.5. The van der Waals surface area contributed by atoms with E-state index in [1.54, 1.807) is 44.0 Å². The summed E-state index contributed by atoms with van der Waals surface area (Å²) in [5, 5.41) is 9.03. The molecule has 0 spiro atoms. The molecular weight excluding hydrogens is 883 g/mol. The van der Waals surface area contributed by atoms with Gasteiger partial charge in [-0.25, -0.2) is 0 Å². The van der Waals surface area contributed by atoms with Crippen LogP contribution < -0.4 is 56.6 Å². The molecule has 0 aliphatic heterocycles. The first-order valence-electron chi connectivity index (χ1n) is 20.9. The molecular formula is C54H56Cl2P2Ru+2. The van der Waals surface area contributed by atoms with Gasteiger partial charge in [0, 0.05) is 11.1 Å². The average molecular weight is 939 g/mol. The van der Waals surface area contributed by atoms with Crippen molar-refractivity contribution in [3.8, 4) is 11.1 Å². The van der Waals surface area contributed by atoms with Gasteiger partial charge in [-0.1, -0.05) is 129 Å². The summed E-state index contributed by atoms with van der Waals surface area (Å²) in [5.74, 6) is 0.653. The van der Waals surface area contributed by atoms with Crippen LogP contribution in [0.15, 0.2) is 170 Å². The molecule has 0 saturated carbocycles. The SMILES string of the molecule is Cc1ccc(C(C)C)cc1.[Cl-].[Cl-].[Ru+2].c1ccc([PH+](c2ccccc2)c2ccc3c(c2-c2c([PH+](c4ccccc4)c4ccccc4)ccc4c2CCCC4)CCCC3)cc1. The van der Waals surface area contributed by atoms with Crippen molar-refractivity contribution < 1.29 is 44.3 Å². The second-order valence-electron chi connectivity index (χ2n) is 15.9. The van der Waals surface area contributed by atoms with Crippen LogP contribution in [0.4, 0.5) is 0 Å². The third kappa shape index (κ3) is 10.7. The molecule has 5 heteroatoms. The van der Waals surface area contributed by atoms with Crippen LogP contribution in [0.5, 0.6) is 0 Å².